The fourth-order valence-electron chi connectivity index (χ4n) is 3.77. The van der Waals surface area contributed by atoms with Crippen molar-refractivity contribution < 1.29 is 9.59 Å². The lowest BCUT2D eigenvalue weighted by Gasteiger charge is -2.19. The van der Waals surface area contributed by atoms with E-state index in [1.165, 1.54) is 0 Å². The third-order valence-electron chi connectivity index (χ3n) is 5.49. The lowest BCUT2D eigenvalue weighted by atomic mass is 10.0. The van der Waals surface area contributed by atoms with Crippen molar-refractivity contribution in [1.82, 2.24) is 0 Å². The molecule has 0 aliphatic carbocycles. The number of benzene rings is 4. The molecule has 4 aromatic carbocycles. The molecule has 5 heteroatoms. The molecule has 0 atom stereocenters. The number of aliphatic imine (C=N–C) groups is 1. The Labute approximate surface area is 202 Å². The molecule has 34 heavy (non-hydrogen) atoms. The van der Waals surface area contributed by atoms with Crippen molar-refractivity contribution in [3.05, 3.63) is 142 Å². The molecule has 4 aromatic rings. The standard InChI is InChI=1S/C29H19ClN2O2/c30-24-15-11-20(12-16-24)19-26-29(34)32(28(31-26)23-9-5-2-6-10-23)25-17-13-22(14-18-25)27(33)21-7-3-1-4-8-21/h1-19H/b26-19-. The molecule has 1 aliphatic rings. The van der Waals surface area contributed by atoms with Crippen molar-refractivity contribution in [3.63, 3.8) is 0 Å². The molecule has 4 nitrogen and oxygen atoms in total. The normalized spacial score (nSPS) is 14.4. The van der Waals surface area contributed by atoms with Crippen molar-refractivity contribution in [2.45, 2.75) is 0 Å². The van der Waals surface area contributed by atoms with Crippen LogP contribution in [0.4, 0.5) is 5.69 Å². The molecular weight excluding hydrogens is 444 g/mol. The highest BCUT2D eigenvalue weighted by molar-refractivity contribution is 6.33. The predicted molar refractivity (Wildman–Crippen MR) is 136 cm³/mol. The van der Waals surface area contributed by atoms with Gasteiger partial charge in [0.1, 0.15) is 11.5 Å². The molecule has 0 aromatic heterocycles. The molecule has 0 unspecified atom stereocenters. The molecule has 5 rings (SSSR count). The van der Waals surface area contributed by atoms with Gasteiger partial charge < -0.3 is 0 Å². The average molecular weight is 463 g/mol. The number of rotatable bonds is 5. The Morgan fingerprint density at radius 3 is 1.97 bits per heavy atom. The number of nitrogens with zero attached hydrogens (tertiary/aromatic N) is 2. The first kappa shape index (κ1) is 21.6. The number of ketones is 1. The van der Waals surface area contributed by atoms with E-state index >= 15 is 0 Å². The maximum atomic E-state index is 13.5. The third kappa shape index (κ3) is 4.32. The predicted octanol–water partition coefficient (Wildman–Crippen LogP) is 6.41. The monoisotopic (exact) mass is 462 g/mol. The maximum Gasteiger partial charge on any atom is 0.282 e. The van der Waals surface area contributed by atoms with Crippen molar-refractivity contribution in [1.29, 1.82) is 0 Å². The summed E-state index contributed by atoms with van der Waals surface area (Å²) in [5.74, 6) is 0.226. The van der Waals surface area contributed by atoms with Crippen molar-refractivity contribution >= 4 is 40.9 Å². The molecule has 0 spiro atoms. The zero-order chi connectivity index (χ0) is 23.5. The number of amides is 1. The van der Waals surface area contributed by atoms with E-state index < -0.39 is 0 Å². The number of amidine groups is 1. The van der Waals surface area contributed by atoms with E-state index in [4.69, 9.17) is 11.6 Å². The van der Waals surface area contributed by atoms with Crippen LogP contribution < -0.4 is 4.90 Å². The molecule has 1 aliphatic heterocycles. The van der Waals surface area contributed by atoms with E-state index in [1.54, 1.807) is 59.5 Å². The van der Waals surface area contributed by atoms with Crippen LogP contribution in [0.2, 0.25) is 5.02 Å². The third-order valence-corrected chi connectivity index (χ3v) is 5.74. The summed E-state index contributed by atoms with van der Waals surface area (Å²) in [6, 6.07) is 32.9. The Hall–Kier alpha value is -4.28. The summed E-state index contributed by atoms with van der Waals surface area (Å²) in [6.07, 6.45) is 1.74. The molecule has 1 amide bonds. The zero-order valence-electron chi connectivity index (χ0n) is 18.1. The van der Waals surface area contributed by atoms with Crippen LogP contribution in [0.15, 0.2) is 120 Å². The smallest absolute Gasteiger partial charge is 0.282 e. The van der Waals surface area contributed by atoms with Gasteiger partial charge in [-0.15, -0.1) is 0 Å². The van der Waals surface area contributed by atoms with Crippen LogP contribution in [0.1, 0.15) is 27.0 Å². The SMILES string of the molecule is O=C(c1ccccc1)c1ccc(N2C(=O)/C(=C/c3ccc(Cl)cc3)N=C2c2ccccc2)cc1. The quantitative estimate of drug-likeness (QED) is 0.254. The van der Waals surface area contributed by atoms with Gasteiger partial charge >= 0.3 is 0 Å². The van der Waals surface area contributed by atoms with Gasteiger partial charge in [0.25, 0.3) is 5.91 Å². The van der Waals surface area contributed by atoms with E-state index in [2.05, 4.69) is 4.99 Å². The molecule has 0 bridgehead atoms. The van der Waals surface area contributed by atoms with Crippen LogP contribution in [0.3, 0.4) is 0 Å². The average Bonchev–Trinajstić information content (AvgIpc) is 3.22. The van der Waals surface area contributed by atoms with Gasteiger partial charge in [-0.25, -0.2) is 4.99 Å². The van der Waals surface area contributed by atoms with Gasteiger partial charge in [-0.3, -0.25) is 14.5 Å². The van der Waals surface area contributed by atoms with Crippen LogP contribution in [-0.2, 0) is 4.79 Å². The molecule has 0 N–H and O–H groups in total. The van der Waals surface area contributed by atoms with E-state index in [9.17, 15) is 9.59 Å². The zero-order valence-corrected chi connectivity index (χ0v) is 18.8. The first-order chi connectivity index (χ1) is 16.6. The van der Waals surface area contributed by atoms with Gasteiger partial charge in [0.15, 0.2) is 5.78 Å². The lowest BCUT2D eigenvalue weighted by Crippen LogP contribution is -2.32. The van der Waals surface area contributed by atoms with Gasteiger partial charge in [0, 0.05) is 21.7 Å². The second kappa shape index (κ2) is 9.30. The number of anilines is 1. The van der Waals surface area contributed by atoms with Crippen molar-refractivity contribution in [3.8, 4) is 0 Å². The number of hydrogen-bond acceptors (Lipinski definition) is 3. The first-order valence-corrected chi connectivity index (χ1v) is 11.1. The summed E-state index contributed by atoms with van der Waals surface area (Å²) in [6.45, 7) is 0. The highest BCUT2D eigenvalue weighted by Gasteiger charge is 2.32. The Balaban J connectivity index is 1.51. The maximum absolute atomic E-state index is 13.5. The molecule has 0 radical (unpaired) electrons. The number of carbonyl (C=O) groups is 2. The highest BCUT2D eigenvalue weighted by Crippen LogP contribution is 2.28. The van der Waals surface area contributed by atoms with Gasteiger partial charge in [-0.1, -0.05) is 84.4 Å². The Morgan fingerprint density at radius 1 is 0.735 bits per heavy atom. The van der Waals surface area contributed by atoms with Gasteiger partial charge in [0.2, 0.25) is 0 Å². The minimum atomic E-state index is -0.240. The number of carbonyl (C=O) groups excluding carboxylic acids is 2. The summed E-state index contributed by atoms with van der Waals surface area (Å²) in [7, 11) is 0. The van der Waals surface area contributed by atoms with Crippen molar-refractivity contribution in [2.24, 2.45) is 4.99 Å². The van der Waals surface area contributed by atoms with Crippen LogP contribution in [-0.4, -0.2) is 17.5 Å². The van der Waals surface area contributed by atoms with E-state index in [1.807, 2.05) is 60.7 Å². The topological polar surface area (TPSA) is 49.7 Å². The summed E-state index contributed by atoms with van der Waals surface area (Å²) < 4.78 is 0. The number of halogens is 1. The van der Waals surface area contributed by atoms with Gasteiger partial charge in [-0.05, 0) is 48.0 Å². The van der Waals surface area contributed by atoms with E-state index in [0.29, 0.717) is 33.4 Å². The Bertz CT molecular complexity index is 1410. The number of hydrogen-bond donors (Lipinski definition) is 0. The highest BCUT2D eigenvalue weighted by atomic mass is 35.5. The molecule has 1 heterocycles. The van der Waals surface area contributed by atoms with Crippen LogP contribution in [0, 0.1) is 0 Å². The minimum absolute atomic E-state index is 0.0693. The Kier molecular flexibility index (Phi) is 5.90. The van der Waals surface area contributed by atoms with Crippen LogP contribution in [0.5, 0.6) is 0 Å². The molecular formula is C29H19ClN2O2. The summed E-state index contributed by atoms with van der Waals surface area (Å²) >= 11 is 5.99. The van der Waals surface area contributed by atoms with Crippen LogP contribution in [0.25, 0.3) is 6.08 Å². The summed E-state index contributed by atoms with van der Waals surface area (Å²) in [5, 5.41) is 0.625. The molecule has 0 fully saturated rings. The van der Waals surface area contributed by atoms with E-state index in [0.717, 1.165) is 11.1 Å². The second-order valence-electron chi connectivity index (χ2n) is 7.77. The molecule has 164 valence electrons. The van der Waals surface area contributed by atoms with Gasteiger partial charge in [-0.2, -0.15) is 0 Å². The fraction of sp³-hybridized carbons (Fsp3) is 0. The second-order valence-corrected chi connectivity index (χ2v) is 8.20. The lowest BCUT2D eigenvalue weighted by molar-refractivity contribution is -0.113. The summed E-state index contributed by atoms with van der Waals surface area (Å²) in [4.78, 5) is 32.5. The molecule has 0 saturated carbocycles. The largest absolute Gasteiger partial charge is 0.289 e. The first-order valence-electron chi connectivity index (χ1n) is 10.8. The van der Waals surface area contributed by atoms with E-state index in [-0.39, 0.29) is 11.7 Å². The van der Waals surface area contributed by atoms with Crippen LogP contribution >= 0.6 is 11.6 Å². The van der Waals surface area contributed by atoms with Crippen molar-refractivity contribution in [2.75, 3.05) is 4.90 Å². The van der Waals surface area contributed by atoms with Gasteiger partial charge in [0.05, 0.1) is 5.69 Å². The Morgan fingerprint density at radius 2 is 1.32 bits per heavy atom. The summed E-state index contributed by atoms with van der Waals surface area (Å²) in [5.41, 5.74) is 3.78. The fourth-order valence-corrected chi connectivity index (χ4v) is 3.90. The molecule has 0 saturated heterocycles. The minimum Gasteiger partial charge on any atom is -0.289 e.